The van der Waals surface area contributed by atoms with Gasteiger partial charge >= 0.3 is 5.97 Å². The van der Waals surface area contributed by atoms with E-state index in [0.717, 1.165) is 22.2 Å². The molecule has 33 heavy (non-hydrogen) atoms. The van der Waals surface area contributed by atoms with Crippen LogP contribution >= 0.6 is 11.8 Å². The summed E-state index contributed by atoms with van der Waals surface area (Å²) in [7, 11) is 0. The Morgan fingerprint density at radius 3 is 2.42 bits per heavy atom. The molecular formula is C23H22N2O7S. The van der Waals surface area contributed by atoms with E-state index in [4.69, 9.17) is 9.47 Å². The summed E-state index contributed by atoms with van der Waals surface area (Å²) in [6.07, 6.45) is 1.93. The maximum absolute atomic E-state index is 12.5. The highest BCUT2D eigenvalue weighted by atomic mass is 32.2. The number of carbonyl (C=O) groups is 3. The molecule has 2 aromatic carbocycles. The molecule has 1 atom stereocenters. The van der Waals surface area contributed by atoms with E-state index in [1.165, 1.54) is 12.1 Å². The summed E-state index contributed by atoms with van der Waals surface area (Å²) in [6, 6.07) is 13.0. The van der Waals surface area contributed by atoms with Gasteiger partial charge in [0.05, 0.1) is 15.9 Å². The van der Waals surface area contributed by atoms with Crippen molar-refractivity contribution in [2.45, 2.75) is 33.0 Å². The van der Waals surface area contributed by atoms with Crippen molar-refractivity contribution >= 4 is 40.6 Å². The summed E-state index contributed by atoms with van der Waals surface area (Å²) in [6.45, 7) is 3.43. The lowest BCUT2D eigenvalue weighted by atomic mass is 10.2. The monoisotopic (exact) mass is 470 g/mol. The molecule has 2 amide bonds. The van der Waals surface area contributed by atoms with Gasteiger partial charge in [0.15, 0.2) is 0 Å². The molecule has 1 heterocycles. The molecular weight excluding hydrogens is 448 g/mol. The zero-order valence-corrected chi connectivity index (χ0v) is 18.9. The van der Waals surface area contributed by atoms with Gasteiger partial charge in [-0.1, -0.05) is 19.1 Å². The Bertz CT molecular complexity index is 1080. The number of rotatable bonds is 9. The first-order valence-electron chi connectivity index (χ1n) is 10.2. The van der Waals surface area contributed by atoms with Crippen LogP contribution in [-0.2, 0) is 20.9 Å². The molecule has 1 aliphatic rings. The van der Waals surface area contributed by atoms with Crippen molar-refractivity contribution in [3.8, 4) is 5.75 Å². The minimum atomic E-state index is -0.623. The Balaban J connectivity index is 1.58. The second kappa shape index (κ2) is 10.8. The molecule has 172 valence electrons. The second-order valence-electron chi connectivity index (χ2n) is 7.26. The quantitative estimate of drug-likeness (QED) is 0.227. The Hall–Kier alpha value is -3.66. The fourth-order valence-corrected chi connectivity index (χ4v) is 3.64. The van der Waals surface area contributed by atoms with Crippen molar-refractivity contribution in [2.75, 3.05) is 6.54 Å². The number of amides is 2. The van der Waals surface area contributed by atoms with E-state index in [2.05, 4.69) is 0 Å². The van der Waals surface area contributed by atoms with Gasteiger partial charge in [-0.25, -0.2) is 0 Å². The lowest BCUT2D eigenvalue weighted by Gasteiger charge is -2.14. The highest BCUT2D eigenvalue weighted by molar-refractivity contribution is 8.18. The van der Waals surface area contributed by atoms with Gasteiger partial charge in [-0.3, -0.25) is 29.4 Å². The zero-order valence-electron chi connectivity index (χ0n) is 18.1. The first kappa shape index (κ1) is 24.0. The minimum Gasteiger partial charge on any atom is -0.489 e. The first-order chi connectivity index (χ1) is 15.8. The molecule has 2 aromatic rings. The second-order valence-corrected chi connectivity index (χ2v) is 8.25. The SMILES string of the molecule is CC[C@@H](C)OC(=O)CN1C(=O)S/C(=C/c2ccc(OCc3ccc([N+](=O)[O-])cc3)cc2)C1=O. The number of esters is 1. The number of hydrogen-bond donors (Lipinski definition) is 0. The molecule has 0 bridgehead atoms. The molecule has 0 aromatic heterocycles. The minimum absolute atomic E-state index is 0.0138. The van der Waals surface area contributed by atoms with E-state index >= 15 is 0 Å². The summed E-state index contributed by atoms with van der Waals surface area (Å²) < 4.78 is 10.8. The topological polar surface area (TPSA) is 116 Å². The largest absolute Gasteiger partial charge is 0.489 e. The van der Waals surface area contributed by atoms with Crippen molar-refractivity contribution in [1.29, 1.82) is 0 Å². The molecule has 0 unspecified atom stereocenters. The van der Waals surface area contributed by atoms with Crippen molar-refractivity contribution < 1.29 is 28.8 Å². The number of nitro benzene ring substituents is 1. The van der Waals surface area contributed by atoms with Crippen LogP contribution in [0.1, 0.15) is 31.4 Å². The molecule has 0 saturated carbocycles. The molecule has 9 nitrogen and oxygen atoms in total. The van der Waals surface area contributed by atoms with Gasteiger partial charge in [-0.05, 0) is 66.6 Å². The van der Waals surface area contributed by atoms with Crippen LogP contribution in [0.3, 0.4) is 0 Å². The van der Waals surface area contributed by atoms with Crippen LogP contribution < -0.4 is 4.74 Å². The van der Waals surface area contributed by atoms with Gasteiger partial charge in [-0.15, -0.1) is 0 Å². The highest BCUT2D eigenvalue weighted by Crippen LogP contribution is 2.32. The summed E-state index contributed by atoms with van der Waals surface area (Å²) in [5.41, 5.74) is 1.48. The predicted octanol–water partition coefficient (Wildman–Crippen LogP) is 4.55. The third-order valence-electron chi connectivity index (χ3n) is 4.80. The summed E-state index contributed by atoms with van der Waals surface area (Å²) in [5, 5.41) is 10.2. The smallest absolute Gasteiger partial charge is 0.326 e. The number of thioether (sulfide) groups is 1. The Kier molecular flexibility index (Phi) is 7.83. The number of benzene rings is 2. The Morgan fingerprint density at radius 1 is 1.15 bits per heavy atom. The maximum atomic E-state index is 12.5. The number of hydrogen-bond acceptors (Lipinski definition) is 8. The van der Waals surface area contributed by atoms with E-state index < -0.39 is 28.6 Å². The third-order valence-corrected chi connectivity index (χ3v) is 5.71. The molecule has 10 heteroatoms. The molecule has 1 aliphatic heterocycles. The molecule has 1 saturated heterocycles. The van der Waals surface area contributed by atoms with Crippen molar-refractivity contribution in [3.05, 3.63) is 74.7 Å². The van der Waals surface area contributed by atoms with Crippen molar-refractivity contribution in [3.63, 3.8) is 0 Å². The van der Waals surface area contributed by atoms with Crippen LogP contribution in [0.2, 0.25) is 0 Å². The van der Waals surface area contributed by atoms with Crippen LogP contribution in [0.4, 0.5) is 10.5 Å². The number of ether oxygens (including phenoxy) is 2. The number of imide groups is 1. The molecule has 1 fully saturated rings. The fourth-order valence-electron chi connectivity index (χ4n) is 2.80. The summed E-state index contributed by atoms with van der Waals surface area (Å²) in [5.74, 6) is -0.585. The van der Waals surface area contributed by atoms with Crippen LogP contribution in [0, 0.1) is 10.1 Å². The molecule has 0 spiro atoms. The number of non-ortho nitro benzene ring substituents is 1. The van der Waals surface area contributed by atoms with Crippen LogP contribution in [0.15, 0.2) is 53.4 Å². The van der Waals surface area contributed by atoms with Crippen molar-refractivity contribution in [1.82, 2.24) is 4.90 Å². The van der Waals surface area contributed by atoms with E-state index in [0.29, 0.717) is 17.7 Å². The first-order valence-corrected chi connectivity index (χ1v) is 11.0. The van der Waals surface area contributed by atoms with Crippen molar-refractivity contribution in [2.24, 2.45) is 0 Å². The lowest BCUT2D eigenvalue weighted by Crippen LogP contribution is -2.35. The van der Waals surface area contributed by atoms with Gasteiger partial charge in [0.1, 0.15) is 18.9 Å². The maximum Gasteiger partial charge on any atom is 0.326 e. The average Bonchev–Trinajstić information content (AvgIpc) is 3.06. The third kappa shape index (κ3) is 6.42. The van der Waals surface area contributed by atoms with Crippen LogP contribution in [0.25, 0.3) is 6.08 Å². The summed E-state index contributed by atoms with van der Waals surface area (Å²) >= 11 is 0.770. The number of carbonyl (C=O) groups excluding carboxylic acids is 3. The Morgan fingerprint density at radius 2 is 1.82 bits per heavy atom. The van der Waals surface area contributed by atoms with Crippen LogP contribution in [0.5, 0.6) is 5.75 Å². The molecule has 0 radical (unpaired) electrons. The van der Waals surface area contributed by atoms with E-state index in [1.807, 2.05) is 6.92 Å². The van der Waals surface area contributed by atoms with Gasteiger partial charge in [0.25, 0.3) is 16.8 Å². The summed E-state index contributed by atoms with van der Waals surface area (Å²) in [4.78, 5) is 48.0. The zero-order chi connectivity index (χ0) is 24.0. The lowest BCUT2D eigenvalue weighted by molar-refractivity contribution is -0.384. The Labute approximate surface area is 194 Å². The van der Waals surface area contributed by atoms with Gasteiger partial charge < -0.3 is 9.47 Å². The van der Waals surface area contributed by atoms with E-state index in [1.54, 1.807) is 49.4 Å². The number of nitrogens with zero attached hydrogens (tertiary/aromatic N) is 2. The van der Waals surface area contributed by atoms with Gasteiger partial charge in [-0.2, -0.15) is 0 Å². The molecule has 0 N–H and O–H groups in total. The van der Waals surface area contributed by atoms with Gasteiger partial charge in [0.2, 0.25) is 0 Å². The predicted molar refractivity (Wildman–Crippen MR) is 122 cm³/mol. The number of nitro groups is 1. The molecule has 0 aliphatic carbocycles. The highest BCUT2D eigenvalue weighted by Gasteiger charge is 2.36. The fraction of sp³-hybridized carbons (Fsp3) is 0.261. The van der Waals surface area contributed by atoms with Gasteiger partial charge in [0, 0.05) is 12.1 Å². The standard InChI is InChI=1S/C23H22N2O7S/c1-3-15(2)32-21(26)13-24-22(27)20(33-23(24)28)12-16-6-10-19(11-7-16)31-14-17-4-8-18(9-5-17)25(29)30/h4-12,15H,3,13-14H2,1-2H3/b20-12+/t15-/m1/s1. The normalized spacial score (nSPS) is 15.6. The average molecular weight is 471 g/mol. The van der Waals surface area contributed by atoms with E-state index in [9.17, 15) is 24.5 Å². The molecule has 3 rings (SSSR count). The van der Waals surface area contributed by atoms with Crippen LogP contribution in [-0.4, -0.2) is 39.6 Å². The van der Waals surface area contributed by atoms with E-state index in [-0.39, 0.29) is 23.3 Å².